The average molecular weight is 555 g/mol. The molecule has 0 amide bonds. The maximum Gasteiger partial charge on any atom is 0.143 e. The monoisotopic (exact) mass is 554 g/mol. The van der Waals surface area contributed by atoms with Crippen molar-refractivity contribution in [3.63, 3.8) is 0 Å². The van der Waals surface area contributed by atoms with Gasteiger partial charge in [-0.15, -0.1) is 0 Å². The van der Waals surface area contributed by atoms with E-state index in [1.165, 1.54) is 38.8 Å². The smallest absolute Gasteiger partial charge is 0.143 e. The third kappa shape index (κ3) is 3.51. The van der Waals surface area contributed by atoms with E-state index in [4.69, 9.17) is 9.41 Å². The van der Waals surface area contributed by atoms with Crippen molar-refractivity contribution < 1.29 is 4.42 Å². The van der Waals surface area contributed by atoms with Gasteiger partial charge in [-0.3, -0.25) is 4.99 Å². The summed E-state index contributed by atoms with van der Waals surface area (Å²) in [6.07, 6.45) is 8.41. The number of allylic oxidation sites excluding steroid dienone is 2. The van der Waals surface area contributed by atoms with Crippen molar-refractivity contribution in [1.29, 1.82) is 0 Å². The Morgan fingerprint density at radius 1 is 0.674 bits per heavy atom. The van der Waals surface area contributed by atoms with E-state index in [2.05, 4.69) is 152 Å². The van der Waals surface area contributed by atoms with Crippen LogP contribution in [-0.4, -0.2) is 10.7 Å². The van der Waals surface area contributed by atoms with E-state index in [0.29, 0.717) is 0 Å². The largest absolute Gasteiger partial charge is 0.455 e. The predicted molar refractivity (Wildman–Crippen MR) is 176 cm³/mol. The second kappa shape index (κ2) is 8.92. The first-order valence-electron chi connectivity index (χ1n) is 15.0. The lowest BCUT2D eigenvalue weighted by Gasteiger charge is -2.29. The molecule has 2 unspecified atom stereocenters. The first kappa shape index (κ1) is 24.4. The number of nitrogens with zero attached hydrogens (tertiary/aromatic N) is 2. The molecule has 1 aromatic heterocycles. The van der Waals surface area contributed by atoms with Gasteiger partial charge in [-0.2, -0.15) is 0 Å². The molecule has 0 N–H and O–H groups in total. The fourth-order valence-electron chi connectivity index (χ4n) is 7.52. The Kier molecular flexibility index (Phi) is 5.07. The molecular weight excluding hydrogens is 524 g/mol. The molecule has 2 aliphatic heterocycles. The fraction of sp³-hybridized carbons (Fsp3) is 0.125. The van der Waals surface area contributed by atoms with Crippen LogP contribution in [-0.2, 0) is 5.41 Å². The van der Waals surface area contributed by atoms with Crippen molar-refractivity contribution in [2.75, 3.05) is 0 Å². The Morgan fingerprint density at radius 2 is 1.47 bits per heavy atom. The Balaban J connectivity index is 1.18. The molecule has 0 saturated heterocycles. The molecule has 5 aromatic carbocycles. The van der Waals surface area contributed by atoms with Crippen LogP contribution in [0, 0.1) is 0 Å². The zero-order valence-corrected chi connectivity index (χ0v) is 24.2. The van der Waals surface area contributed by atoms with Crippen molar-refractivity contribution in [2.24, 2.45) is 4.99 Å². The van der Waals surface area contributed by atoms with Gasteiger partial charge in [0.05, 0.1) is 6.04 Å². The molecule has 3 heterocycles. The van der Waals surface area contributed by atoms with Crippen LogP contribution in [0.2, 0.25) is 0 Å². The molecule has 3 aliphatic rings. The van der Waals surface area contributed by atoms with Crippen LogP contribution in [0.4, 0.5) is 0 Å². The fourth-order valence-corrected chi connectivity index (χ4v) is 7.52. The molecule has 0 spiro atoms. The highest BCUT2D eigenvalue weighted by atomic mass is 16.3. The lowest BCUT2D eigenvalue weighted by molar-refractivity contribution is 0.396. The van der Waals surface area contributed by atoms with Gasteiger partial charge < -0.3 is 9.32 Å². The number of furan rings is 1. The third-order valence-corrected chi connectivity index (χ3v) is 9.62. The molecule has 2 atom stereocenters. The molecule has 3 heteroatoms. The molecular formula is C40H30N2O. The number of para-hydroxylation sites is 1. The molecule has 43 heavy (non-hydrogen) atoms. The van der Waals surface area contributed by atoms with Crippen LogP contribution in [0.1, 0.15) is 48.2 Å². The third-order valence-electron chi connectivity index (χ3n) is 9.62. The topological polar surface area (TPSA) is 28.7 Å². The summed E-state index contributed by atoms with van der Waals surface area (Å²) < 4.78 is 6.74. The summed E-state index contributed by atoms with van der Waals surface area (Å²) in [7, 11) is 0. The number of rotatable bonds is 3. The van der Waals surface area contributed by atoms with Gasteiger partial charge >= 0.3 is 0 Å². The minimum Gasteiger partial charge on any atom is -0.455 e. The van der Waals surface area contributed by atoms with E-state index >= 15 is 0 Å². The lowest BCUT2D eigenvalue weighted by atomic mass is 9.82. The van der Waals surface area contributed by atoms with Gasteiger partial charge in [-0.1, -0.05) is 111 Å². The SMILES string of the molecule is CC1(C)c2ccccc2-c2cc3c(cc21)oc1c(-c2cccc(C4C(c5ccccc5)N=C5C=CC=CN54)c2)cccc13. The predicted octanol–water partition coefficient (Wildman–Crippen LogP) is 10.1. The van der Waals surface area contributed by atoms with Gasteiger partial charge in [-0.25, -0.2) is 0 Å². The van der Waals surface area contributed by atoms with Crippen LogP contribution in [0.15, 0.2) is 143 Å². The van der Waals surface area contributed by atoms with Crippen molar-refractivity contribution in [3.05, 3.63) is 156 Å². The summed E-state index contributed by atoms with van der Waals surface area (Å²) in [5, 5.41) is 2.32. The molecule has 6 aromatic rings. The van der Waals surface area contributed by atoms with Gasteiger partial charge in [0.15, 0.2) is 0 Å². The van der Waals surface area contributed by atoms with Gasteiger partial charge in [0, 0.05) is 28.0 Å². The van der Waals surface area contributed by atoms with E-state index in [1.54, 1.807) is 0 Å². The van der Waals surface area contributed by atoms with Crippen LogP contribution >= 0.6 is 0 Å². The quantitative estimate of drug-likeness (QED) is 0.218. The van der Waals surface area contributed by atoms with Crippen LogP contribution in [0.5, 0.6) is 0 Å². The van der Waals surface area contributed by atoms with Gasteiger partial charge in [0.1, 0.15) is 23.0 Å². The maximum absolute atomic E-state index is 6.74. The second-order valence-electron chi connectivity index (χ2n) is 12.4. The van der Waals surface area contributed by atoms with Gasteiger partial charge in [-0.05, 0) is 69.3 Å². The number of benzene rings is 5. The zero-order valence-electron chi connectivity index (χ0n) is 24.2. The van der Waals surface area contributed by atoms with E-state index in [-0.39, 0.29) is 17.5 Å². The van der Waals surface area contributed by atoms with E-state index in [0.717, 1.165) is 33.5 Å². The molecule has 3 nitrogen and oxygen atoms in total. The Hall–Kier alpha value is -5.15. The maximum atomic E-state index is 6.74. The summed E-state index contributed by atoms with van der Waals surface area (Å²) in [4.78, 5) is 7.47. The molecule has 1 aliphatic carbocycles. The molecule has 0 fully saturated rings. The Labute approximate surface area is 251 Å². The number of hydrogen-bond acceptors (Lipinski definition) is 3. The first-order chi connectivity index (χ1) is 21.1. The van der Waals surface area contributed by atoms with Crippen molar-refractivity contribution in [3.8, 4) is 22.3 Å². The summed E-state index contributed by atoms with van der Waals surface area (Å²) in [6, 6.07) is 39.6. The Bertz CT molecular complexity index is 2180. The van der Waals surface area contributed by atoms with Gasteiger partial charge in [0.2, 0.25) is 0 Å². The number of amidine groups is 1. The molecule has 0 bridgehead atoms. The minimum absolute atomic E-state index is 0.00876. The van der Waals surface area contributed by atoms with Crippen molar-refractivity contribution in [2.45, 2.75) is 31.3 Å². The zero-order chi connectivity index (χ0) is 28.7. The summed E-state index contributed by atoms with van der Waals surface area (Å²) in [5.41, 5.74) is 11.9. The second-order valence-corrected chi connectivity index (χ2v) is 12.4. The van der Waals surface area contributed by atoms with E-state index < -0.39 is 0 Å². The van der Waals surface area contributed by atoms with E-state index in [1.807, 2.05) is 0 Å². The number of fused-ring (bicyclic) bond motifs is 7. The molecule has 206 valence electrons. The molecule has 0 radical (unpaired) electrons. The van der Waals surface area contributed by atoms with Crippen LogP contribution in [0.3, 0.4) is 0 Å². The number of aliphatic imine (C=N–C) groups is 1. The van der Waals surface area contributed by atoms with E-state index in [9.17, 15) is 0 Å². The first-order valence-corrected chi connectivity index (χ1v) is 15.0. The lowest BCUT2D eigenvalue weighted by Crippen LogP contribution is -2.26. The van der Waals surface area contributed by atoms with Crippen LogP contribution in [0.25, 0.3) is 44.2 Å². The highest BCUT2D eigenvalue weighted by Gasteiger charge is 2.38. The standard InChI is InChI=1S/C40H30N2O/c1-40(2)33-19-7-6-16-29(33)31-23-32-30-18-11-17-28(39(30)43-35(32)24-34(31)40)26-14-10-15-27(22-26)38-37(25-12-4-3-5-13-25)41-36-20-8-9-21-42(36)38/h3-24,37-38H,1-2H3. The Morgan fingerprint density at radius 3 is 2.37 bits per heavy atom. The minimum atomic E-state index is -0.0637. The van der Waals surface area contributed by atoms with Gasteiger partial charge in [0.25, 0.3) is 0 Å². The summed E-state index contributed by atoms with van der Waals surface area (Å²) in [5.74, 6) is 1.00. The van der Waals surface area contributed by atoms with Crippen molar-refractivity contribution >= 4 is 27.8 Å². The molecule has 0 saturated carbocycles. The summed E-state index contributed by atoms with van der Waals surface area (Å²) in [6.45, 7) is 4.63. The number of hydrogen-bond donors (Lipinski definition) is 0. The summed E-state index contributed by atoms with van der Waals surface area (Å²) >= 11 is 0. The average Bonchev–Trinajstić information content (AvgIpc) is 3.69. The van der Waals surface area contributed by atoms with Crippen LogP contribution < -0.4 is 0 Å². The van der Waals surface area contributed by atoms with Crippen molar-refractivity contribution in [1.82, 2.24) is 4.90 Å². The normalized spacial score (nSPS) is 19.5. The molecule has 9 rings (SSSR count). The highest BCUT2D eigenvalue weighted by Crippen LogP contribution is 2.51. The highest BCUT2D eigenvalue weighted by molar-refractivity contribution is 6.11.